The van der Waals surface area contributed by atoms with E-state index in [2.05, 4.69) is 111 Å². The molecule has 498 valence electrons. The Labute approximate surface area is 532 Å². The molecule has 0 fully saturated rings. The zero-order valence-corrected chi connectivity index (χ0v) is 57.7. The molecule has 0 spiro atoms. The first kappa shape index (κ1) is 82.9. The van der Waals surface area contributed by atoms with Gasteiger partial charge in [0.25, 0.3) is 0 Å². The monoisotopic (exact) mass is 1220 g/mol. The summed E-state index contributed by atoms with van der Waals surface area (Å²) in [6, 6.07) is 0. The summed E-state index contributed by atoms with van der Waals surface area (Å²) in [4.78, 5) is 35.9. The van der Waals surface area contributed by atoms with Crippen molar-refractivity contribution in [2.24, 2.45) is 0 Å². The predicted octanol–water partition coefficient (Wildman–Crippen LogP) is 23.5. The number of carbonyl (C=O) groups is 2. The number of unbranched alkanes of at least 4 members (excludes halogenated alkanes) is 36. The molecular formula is C76H137NO8P+. The molecule has 0 aliphatic carbocycles. The molecule has 1 N–H and O–H groups in total. The number of likely N-dealkylation sites (N-methyl/N-ethyl adjacent to an activating group) is 1. The van der Waals surface area contributed by atoms with E-state index in [0.29, 0.717) is 17.4 Å². The van der Waals surface area contributed by atoms with Crippen LogP contribution in [0, 0.1) is 0 Å². The number of hydrogen-bond acceptors (Lipinski definition) is 7. The third kappa shape index (κ3) is 70.0. The number of rotatable bonds is 66. The zero-order chi connectivity index (χ0) is 62.6. The van der Waals surface area contributed by atoms with Gasteiger partial charge in [0.1, 0.15) is 19.8 Å². The van der Waals surface area contributed by atoms with Crippen LogP contribution >= 0.6 is 7.82 Å². The largest absolute Gasteiger partial charge is 0.472 e. The van der Waals surface area contributed by atoms with Crippen LogP contribution in [0.2, 0.25) is 0 Å². The summed E-state index contributed by atoms with van der Waals surface area (Å²) < 4.78 is 34.7. The van der Waals surface area contributed by atoms with Gasteiger partial charge < -0.3 is 18.9 Å². The van der Waals surface area contributed by atoms with Crippen molar-refractivity contribution in [1.82, 2.24) is 0 Å². The molecule has 0 saturated heterocycles. The molecule has 0 aromatic rings. The van der Waals surface area contributed by atoms with E-state index in [1.165, 1.54) is 199 Å². The van der Waals surface area contributed by atoms with Crippen molar-refractivity contribution in [2.45, 2.75) is 328 Å². The van der Waals surface area contributed by atoms with Gasteiger partial charge >= 0.3 is 19.8 Å². The molecule has 0 aliphatic rings. The van der Waals surface area contributed by atoms with Gasteiger partial charge in [-0.1, -0.05) is 310 Å². The topological polar surface area (TPSA) is 108 Å². The highest BCUT2D eigenvalue weighted by Gasteiger charge is 2.27. The van der Waals surface area contributed by atoms with E-state index >= 15 is 0 Å². The lowest BCUT2D eigenvalue weighted by molar-refractivity contribution is -0.870. The van der Waals surface area contributed by atoms with Crippen LogP contribution in [0.4, 0.5) is 0 Å². The van der Waals surface area contributed by atoms with Crippen molar-refractivity contribution < 1.29 is 42.1 Å². The number of phosphoric ester groups is 1. The first-order valence-electron chi connectivity index (χ1n) is 36.0. The third-order valence-electron chi connectivity index (χ3n) is 15.6. The maximum Gasteiger partial charge on any atom is 0.472 e. The fourth-order valence-corrected chi connectivity index (χ4v) is 10.9. The van der Waals surface area contributed by atoms with Gasteiger partial charge in [0.2, 0.25) is 0 Å². The second-order valence-corrected chi connectivity index (χ2v) is 26.7. The number of nitrogens with zero attached hydrogens (tertiary/aromatic N) is 1. The molecule has 2 atom stereocenters. The molecular weight excluding hydrogens is 1090 g/mol. The fraction of sp³-hybridized carbons (Fsp3) is 0.763. The summed E-state index contributed by atoms with van der Waals surface area (Å²) in [5.74, 6) is -0.796. The van der Waals surface area contributed by atoms with Gasteiger partial charge in [-0.2, -0.15) is 0 Å². The third-order valence-corrected chi connectivity index (χ3v) is 16.6. The molecule has 0 radical (unpaired) electrons. The highest BCUT2D eigenvalue weighted by Crippen LogP contribution is 2.43. The number of quaternary nitrogens is 1. The van der Waals surface area contributed by atoms with Gasteiger partial charge in [0.15, 0.2) is 6.10 Å². The maximum atomic E-state index is 12.9. The van der Waals surface area contributed by atoms with Gasteiger partial charge in [0.05, 0.1) is 27.7 Å². The van der Waals surface area contributed by atoms with Crippen LogP contribution in [-0.4, -0.2) is 74.9 Å². The Morgan fingerprint density at radius 1 is 0.372 bits per heavy atom. The lowest BCUT2D eigenvalue weighted by atomic mass is 10.0. The van der Waals surface area contributed by atoms with Crippen LogP contribution in [0.25, 0.3) is 0 Å². The van der Waals surface area contributed by atoms with Crippen LogP contribution in [0.3, 0.4) is 0 Å². The molecule has 0 rings (SSSR count). The second kappa shape index (κ2) is 66.4. The summed E-state index contributed by atoms with van der Waals surface area (Å²) >= 11 is 0. The number of ether oxygens (including phenoxy) is 2. The Hall–Kier alpha value is -3.07. The number of hydrogen-bond donors (Lipinski definition) is 1. The Kier molecular flexibility index (Phi) is 64.0. The van der Waals surface area contributed by atoms with E-state index in [4.69, 9.17) is 18.5 Å². The van der Waals surface area contributed by atoms with Crippen LogP contribution in [0.1, 0.15) is 322 Å². The van der Waals surface area contributed by atoms with Gasteiger partial charge in [0, 0.05) is 12.8 Å². The summed E-state index contributed by atoms with van der Waals surface area (Å²) in [5, 5.41) is 0. The van der Waals surface area contributed by atoms with Crippen molar-refractivity contribution in [2.75, 3.05) is 47.5 Å². The molecule has 86 heavy (non-hydrogen) atoms. The quantitative estimate of drug-likeness (QED) is 0.0211. The molecule has 0 amide bonds. The Morgan fingerprint density at radius 2 is 0.663 bits per heavy atom. The zero-order valence-electron chi connectivity index (χ0n) is 56.8. The lowest BCUT2D eigenvalue weighted by Crippen LogP contribution is -2.37. The number of phosphoric acid groups is 1. The molecule has 9 nitrogen and oxygen atoms in total. The second-order valence-electron chi connectivity index (χ2n) is 25.2. The summed E-state index contributed by atoms with van der Waals surface area (Å²) in [7, 11) is 1.47. The minimum Gasteiger partial charge on any atom is -0.462 e. The average molecular weight is 1220 g/mol. The fourth-order valence-electron chi connectivity index (χ4n) is 10.1. The Bertz CT molecular complexity index is 1770. The lowest BCUT2D eigenvalue weighted by Gasteiger charge is -2.24. The van der Waals surface area contributed by atoms with E-state index in [1.54, 1.807) is 0 Å². The minimum absolute atomic E-state index is 0.0276. The van der Waals surface area contributed by atoms with Crippen LogP contribution < -0.4 is 0 Å². The summed E-state index contributed by atoms with van der Waals surface area (Å²) in [6.07, 6.45) is 92.3. The number of carbonyl (C=O) groups excluding carboxylic acids is 2. The number of esters is 2. The van der Waals surface area contributed by atoms with Gasteiger partial charge in [-0.3, -0.25) is 18.6 Å². The molecule has 0 aromatic heterocycles. The van der Waals surface area contributed by atoms with Gasteiger partial charge in [-0.05, 0) is 96.3 Å². The Balaban J connectivity index is 4.05. The minimum atomic E-state index is -4.40. The van der Waals surface area contributed by atoms with Crippen molar-refractivity contribution >= 4 is 19.8 Å². The summed E-state index contributed by atoms with van der Waals surface area (Å²) in [5.41, 5.74) is 0. The first-order valence-corrected chi connectivity index (χ1v) is 37.5. The molecule has 0 heterocycles. The highest BCUT2D eigenvalue weighted by molar-refractivity contribution is 7.47. The normalized spacial score (nSPS) is 13.7. The van der Waals surface area contributed by atoms with Crippen LogP contribution in [0.5, 0.6) is 0 Å². The van der Waals surface area contributed by atoms with E-state index in [1.807, 2.05) is 21.1 Å². The van der Waals surface area contributed by atoms with E-state index in [-0.39, 0.29) is 32.0 Å². The van der Waals surface area contributed by atoms with Crippen LogP contribution in [0.15, 0.2) is 97.2 Å². The average Bonchev–Trinajstić information content (AvgIpc) is 3.56. The molecule has 2 unspecified atom stereocenters. The molecule has 0 saturated carbocycles. The Morgan fingerprint density at radius 3 is 1.00 bits per heavy atom. The van der Waals surface area contributed by atoms with E-state index in [0.717, 1.165) is 89.9 Å². The van der Waals surface area contributed by atoms with Gasteiger partial charge in [-0.25, -0.2) is 4.57 Å². The van der Waals surface area contributed by atoms with Gasteiger partial charge in [-0.15, -0.1) is 0 Å². The smallest absolute Gasteiger partial charge is 0.462 e. The first-order chi connectivity index (χ1) is 42.0. The van der Waals surface area contributed by atoms with E-state index < -0.39 is 26.5 Å². The van der Waals surface area contributed by atoms with Crippen LogP contribution in [-0.2, 0) is 32.7 Å². The van der Waals surface area contributed by atoms with Crippen molar-refractivity contribution in [3.63, 3.8) is 0 Å². The molecule has 0 aromatic carbocycles. The highest BCUT2D eigenvalue weighted by atomic mass is 31.2. The molecule has 10 heteroatoms. The van der Waals surface area contributed by atoms with E-state index in [9.17, 15) is 19.0 Å². The predicted molar refractivity (Wildman–Crippen MR) is 372 cm³/mol. The molecule has 0 aliphatic heterocycles. The maximum absolute atomic E-state index is 12.9. The van der Waals surface area contributed by atoms with Crippen molar-refractivity contribution in [1.29, 1.82) is 0 Å². The van der Waals surface area contributed by atoms with Crippen molar-refractivity contribution in [3.05, 3.63) is 97.2 Å². The van der Waals surface area contributed by atoms with Crippen molar-refractivity contribution in [3.8, 4) is 0 Å². The number of allylic oxidation sites excluding steroid dienone is 16. The molecule has 0 bridgehead atoms. The SMILES string of the molecule is CC/C=C\C/C=C\C/C=C\C/C=C\C/C=C\C/C=C\C/C=C\CCCCCCCCCCCC(=O)OC(COC(=O)CCCCCCCCCCCCCCCCCCCCC/C=C\CCCCCCCCCC)COP(=O)(O)OCC[N+](C)(C)C. The summed E-state index contributed by atoms with van der Waals surface area (Å²) in [6.45, 7) is 4.35. The standard InChI is InChI=1S/C76H136NO8P/c1-6-8-10-12-14-16-18-20-22-24-26-28-30-32-34-36-38-40-42-44-46-48-50-52-54-56-58-60-62-64-66-68-75(78)82-72-74(73-84-86(80,81)83-71-70-77(3,4)5)85-76(79)69-67-65-63-61-59-57-55-53-51-49-47-45-43-41-39-37-35-33-31-29-27-25-23-21-19-17-15-13-11-9-7-2/h9,11,15,17,21,23-24,26-27,29,33,35,39,41,45,47,74H,6-8,10,12-14,16,18-20,22,25,28,30-32,34,36-38,40,42-44,46,48-73H2,1-5H3/p+1/b11-9-,17-15-,23-21-,26-24-,29-27-,35-33-,41-39-,47-45-.